The quantitative estimate of drug-likeness (QED) is 0.131. The van der Waals surface area contributed by atoms with Crippen LogP contribution >= 0.6 is 0 Å². The molecule has 0 saturated carbocycles. The molecule has 0 aliphatic carbocycles. The van der Waals surface area contributed by atoms with Crippen LogP contribution in [0.4, 0.5) is 0 Å². The number of hydrogen-bond acceptors (Lipinski definition) is 12. The molecule has 0 unspecified atom stereocenters. The van der Waals surface area contributed by atoms with Gasteiger partial charge in [0.25, 0.3) is 12.6 Å². The Morgan fingerprint density at radius 2 is 0.767 bits per heavy atom. The molecular weight excluding hydrogens is 408 g/mol. The first-order chi connectivity index (χ1) is 14.2. The Morgan fingerprint density at radius 1 is 0.533 bits per heavy atom. The lowest BCUT2D eigenvalue weighted by atomic mass is 10.5. The second-order valence-corrected chi connectivity index (χ2v) is 4.62. The summed E-state index contributed by atoms with van der Waals surface area (Å²) in [6.45, 7) is 10.8. The Bertz CT molecular complexity index is 629. The van der Waals surface area contributed by atoms with Crippen molar-refractivity contribution in [3.8, 4) is 0 Å². The SMILES string of the molecule is C=CC(=O)OC(COC(=O)C(=O)OCC(OC(=O)C=C)OC(=O)C=C)OC(=O)C=C. The summed E-state index contributed by atoms with van der Waals surface area (Å²) in [4.78, 5) is 68.1. The molecule has 0 heterocycles. The fourth-order valence-electron chi connectivity index (χ4n) is 1.30. The van der Waals surface area contributed by atoms with E-state index in [-0.39, 0.29) is 0 Å². The molecule has 0 amide bonds. The maximum atomic E-state index is 11.7. The van der Waals surface area contributed by atoms with Gasteiger partial charge in [0, 0.05) is 24.3 Å². The summed E-state index contributed by atoms with van der Waals surface area (Å²) < 4.78 is 27.4. The van der Waals surface area contributed by atoms with Crippen LogP contribution in [-0.2, 0) is 57.2 Å². The Labute approximate surface area is 170 Å². The van der Waals surface area contributed by atoms with Crippen LogP contribution in [0.1, 0.15) is 0 Å². The molecule has 0 spiro atoms. The number of hydrogen-bond donors (Lipinski definition) is 0. The first-order valence-electron chi connectivity index (χ1n) is 7.82. The summed E-state index contributed by atoms with van der Waals surface area (Å²) in [7, 11) is 0. The second-order valence-electron chi connectivity index (χ2n) is 4.62. The van der Waals surface area contributed by atoms with Crippen molar-refractivity contribution in [3.63, 3.8) is 0 Å². The molecule has 0 atom stereocenters. The van der Waals surface area contributed by atoms with Crippen molar-refractivity contribution in [2.24, 2.45) is 0 Å². The van der Waals surface area contributed by atoms with Gasteiger partial charge in [0.05, 0.1) is 0 Å². The number of ether oxygens (including phenoxy) is 6. The van der Waals surface area contributed by atoms with Gasteiger partial charge >= 0.3 is 35.8 Å². The van der Waals surface area contributed by atoms with Crippen molar-refractivity contribution in [3.05, 3.63) is 50.6 Å². The fourth-order valence-corrected chi connectivity index (χ4v) is 1.30. The van der Waals surface area contributed by atoms with Crippen LogP contribution in [-0.4, -0.2) is 61.6 Å². The monoisotopic (exact) mass is 426 g/mol. The normalized spacial score (nSPS) is 9.53. The molecule has 0 aromatic carbocycles. The average Bonchev–Trinajstić information content (AvgIpc) is 2.74. The van der Waals surface area contributed by atoms with Gasteiger partial charge in [-0.25, -0.2) is 28.8 Å². The van der Waals surface area contributed by atoms with E-state index in [0.29, 0.717) is 0 Å². The molecule has 0 saturated heterocycles. The molecule has 0 radical (unpaired) electrons. The van der Waals surface area contributed by atoms with Crippen molar-refractivity contribution < 1.29 is 57.2 Å². The third-order valence-electron chi connectivity index (χ3n) is 2.52. The van der Waals surface area contributed by atoms with E-state index in [9.17, 15) is 28.8 Å². The van der Waals surface area contributed by atoms with Gasteiger partial charge in [-0.2, -0.15) is 0 Å². The van der Waals surface area contributed by atoms with Crippen molar-refractivity contribution in [1.29, 1.82) is 0 Å². The van der Waals surface area contributed by atoms with Crippen molar-refractivity contribution in [2.75, 3.05) is 13.2 Å². The van der Waals surface area contributed by atoms with E-state index >= 15 is 0 Å². The third kappa shape index (κ3) is 10.8. The second kappa shape index (κ2) is 13.9. The lowest BCUT2D eigenvalue weighted by molar-refractivity contribution is -0.201. The molecular formula is C18H18O12. The van der Waals surface area contributed by atoms with E-state index in [2.05, 4.69) is 54.7 Å². The van der Waals surface area contributed by atoms with E-state index in [1.54, 1.807) is 0 Å². The van der Waals surface area contributed by atoms with Crippen LogP contribution in [0.2, 0.25) is 0 Å². The third-order valence-corrected chi connectivity index (χ3v) is 2.52. The Hall–Kier alpha value is -4.22. The zero-order chi connectivity index (χ0) is 23.1. The number of esters is 6. The van der Waals surface area contributed by atoms with E-state index in [4.69, 9.17) is 0 Å². The summed E-state index contributed by atoms with van der Waals surface area (Å²) in [5.74, 6) is -7.21. The van der Waals surface area contributed by atoms with Gasteiger partial charge in [-0.05, 0) is 0 Å². The van der Waals surface area contributed by atoms with Crippen molar-refractivity contribution >= 4 is 35.8 Å². The highest BCUT2D eigenvalue weighted by Gasteiger charge is 2.26. The summed E-state index contributed by atoms with van der Waals surface area (Å²) >= 11 is 0. The maximum Gasteiger partial charge on any atom is 0.417 e. The highest BCUT2D eigenvalue weighted by atomic mass is 16.7. The molecule has 0 N–H and O–H groups in total. The lowest BCUT2D eigenvalue weighted by Gasteiger charge is -2.17. The Kier molecular flexibility index (Phi) is 11.9. The molecule has 12 nitrogen and oxygen atoms in total. The molecule has 162 valence electrons. The smallest absolute Gasteiger partial charge is 0.417 e. The van der Waals surface area contributed by atoms with Gasteiger partial charge in [-0.1, -0.05) is 26.3 Å². The molecule has 0 rings (SSSR count). The van der Waals surface area contributed by atoms with Crippen molar-refractivity contribution in [2.45, 2.75) is 12.6 Å². The van der Waals surface area contributed by atoms with Crippen molar-refractivity contribution in [1.82, 2.24) is 0 Å². The summed E-state index contributed by atoms with van der Waals surface area (Å²) in [5.41, 5.74) is 0. The predicted molar refractivity (Wildman–Crippen MR) is 94.7 cm³/mol. The highest BCUT2D eigenvalue weighted by Crippen LogP contribution is 2.03. The van der Waals surface area contributed by atoms with Gasteiger partial charge in [0.15, 0.2) is 13.2 Å². The lowest BCUT2D eigenvalue weighted by Crippen LogP contribution is -2.33. The molecule has 0 bridgehead atoms. The van der Waals surface area contributed by atoms with Gasteiger partial charge in [-0.3, -0.25) is 0 Å². The summed E-state index contributed by atoms with van der Waals surface area (Å²) in [6, 6.07) is 0. The standard InChI is InChI=1S/C18H18O12/c1-5-11(19)27-15(28-12(20)6-2)9-25-17(23)18(24)26-10-16(29-13(21)7-3)30-14(22)8-4/h5-8,15-16H,1-4,9-10H2. The molecule has 30 heavy (non-hydrogen) atoms. The van der Waals surface area contributed by atoms with E-state index in [1.165, 1.54) is 0 Å². The number of carbonyl (C=O) groups is 6. The van der Waals surface area contributed by atoms with Crippen LogP contribution in [0.3, 0.4) is 0 Å². The van der Waals surface area contributed by atoms with Gasteiger partial charge in [-0.15, -0.1) is 0 Å². The Balaban J connectivity index is 4.80. The molecule has 0 aromatic rings. The molecule has 0 aliphatic heterocycles. The van der Waals surface area contributed by atoms with Crippen LogP contribution in [0, 0.1) is 0 Å². The molecule has 0 fully saturated rings. The minimum atomic E-state index is -1.70. The maximum absolute atomic E-state index is 11.7. The van der Waals surface area contributed by atoms with Gasteiger partial charge < -0.3 is 28.4 Å². The van der Waals surface area contributed by atoms with Gasteiger partial charge in [0.2, 0.25) is 0 Å². The fraction of sp³-hybridized carbons (Fsp3) is 0.222. The van der Waals surface area contributed by atoms with E-state index in [1.807, 2.05) is 0 Å². The topological polar surface area (TPSA) is 158 Å². The van der Waals surface area contributed by atoms with Crippen LogP contribution in [0.15, 0.2) is 50.6 Å². The average molecular weight is 426 g/mol. The minimum absolute atomic E-state index is 0.750. The van der Waals surface area contributed by atoms with Crippen LogP contribution < -0.4 is 0 Å². The van der Waals surface area contributed by atoms with E-state index < -0.39 is 61.6 Å². The van der Waals surface area contributed by atoms with Crippen LogP contribution in [0.25, 0.3) is 0 Å². The minimum Gasteiger partial charge on any atom is -0.449 e. The molecule has 0 aliphatic rings. The van der Waals surface area contributed by atoms with Crippen LogP contribution in [0.5, 0.6) is 0 Å². The first-order valence-corrected chi connectivity index (χ1v) is 7.82. The van der Waals surface area contributed by atoms with Gasteiger partial charge in [0.1, 0.15) is 0 Å². The number of rotatable bonds is 12. The molecule has 12 heteroatoms. The molecule has 0 aromatic heterocycles. The predicted octanol–water partition coefficient (Wildman–Crippen LogP) is -0.358. The van der Waals surface area contributed by atoms with E-state index in [0.717, 1.165) is 24.3 Å². The highest BCUT2D eigenvalue weighted by molar-refractivity contribution is 6.29. The first kappa shape index (κ1) is 25.8. The zero-order valence-corrected chi connectivity index (χ0v) is 15.6. The number of carbonyl (C=O) groups excluding carboxylic acids is 6. The summed E-state index contributed by atoms with van der Waals surface area (Å²) in [5, 5.41) is 0. The zero-order valence-electron chi connectivity index (χ0n) is 15.6. The Morgan fingerprint density at radius 3 is 0.967 bits per heavy atom. The largest absolute Gasteiger partial charge is 0.449 e. The summed E-state index contributed by atoms with van der Waals surface area (Å²) in [6.07, 6.45) is -0.402.